The summed E-state index contributed by atoms with van der Waals surface area (Å²) in [6, 6.07) is 8.33. The first kappa shape index (κ1) is 14.0. The van der Waals surface area contributed by atoms with E-state index in [-0.39, 0.29) is 0 Å². The molecule has 0 radical (unpaired) electrons. The van der Waals surface area contributed by atoms with Crippen molar-refractivity contribution in [3.05, 3.63) is 29.8 Å². The maximum Gasteiger partial charge on any atom is 0.122 e. The van der Waals surface area contributed by atoms with E-state index in [9.17, 15) is 0 Å². The minimum absolute atomic E-state index is 0.844. The molecule has 0 aliphatic rings. The Balaban J connectivity index is 2.13. The van der Waals surface area contributed by atoms with Crippen LogP contribution < -0.4 is 10.1 Å². The van der Waals surface area contributed by atoms with Crippen molar-refractivity contribution in [1.29, 1.82) is 0 Å². The first-order valence-corrected chi connectivity index (χ1v) is 6.73. The molecule has 1 aromatic carbocycles. The Hall–Kier alpha value is -1.02. The number of ether oxygens (including phenoxy) is 1. The minimum Gasteiger partial charge on any atom is -0.493 e. The molecule has 0 spiro atoms. The van der Waals surface area contributed by atoms with Gasteiger partial charge in [-0.05, 0) is 44.5 Å². The zero-order valence-electron chi connectivity index (χ0n) is 11.2. The molecule has 96 valence electrons. The summed E-state index contributed by atoms with van der Waals surface area (Å²) in [4.78, 5) is 0. The highest BCUT2D eigenvalue weighted by atomic mass is 16.5. The van der Waals surface area contributed by atoms with Crippen LogP contribution in [0.3, 0.4) is 0 Å². The highest BCUT2D eigenvalue weighted by Gasteiger charge is 1.99. The molecule has 0 heterocycles. The summed E-state index contributed by atoms with van der Waals surface area (Å²) in [5, 5.41) is 3.17. The molecule has 2 heteroatoms. The number of hydrogen-bond donors (Lipinski definition) is 1. The van der Waals surface area contributed by atoms with Crippen LogP contribution in [-0.4, -0.2) is 20.2 Å². The number of benzene rings is 1. The number of nitrogens with one attached hydrogen (secondary N) is 1. The molecular weight excluding hydrogens is 210 g/mol. The Morgan fingerprint density at radius 1 is 1.06 bits per heavy atom. The van der Waals surface area contributed by atoms with Gasteiger partial charge in [-0.15, -0.1) is 0 Å². The molecule has 1 aromatic rings. The molecule has 0 amide bonds. The van der Waals surface area contributed by atoms with Crippen molar-refractivity contribution in [3.63, 3.8) is 0 Å². The Labute approximate surface area is 105 Å². The second-order valence-electron chi connectivity index (χ2n) is 4.33. The smallest absolute Gasteiger partial charge is 0.122 e. The van der Waals surface area contributed by atoms with Crippen LogP contribution in [0, 0.1) is 0 Å². The van der Waals surface area contributed by atoms with Gasteiger partial charge in [0.1, 0.15) is 5.75 Å². The van der Waals surface area contributed by atoms with Gasteiger partial charge in [-0.3, -0.25) is 0 Å². The zero-order valence-corrected chi connectivity index (χ0v) is 11.2. The van der Waals surface area contributed by atoms with Crippen LogP contribution in [0.4, 0.5) is 0 Å². The van der Waals surface area contributed by atoms with Crippen LogP contribution in [0.15, 0.2) is 24.3 Å². The molecule has 0 atom stereocenters. The summed E-state index contributed by atoms with van der Waals surface area (Å²) < 4.78 is 5.82. The first-order valence-electron chi connectivity index (χ1n) is 6.73. The standard InChI is InChI=1S/C15H25NO/c1-3-14-10-6-7-11-15(14)17-13-9-5-4-8-12-16-2/h6-7,10-11,16H,3-5,8-9,12-13H2,1-2H3. The molecule has 0 bridgehead atoms. The molecule has 1 N–H and O–H groups in total. The van der Waals surface area contributed by atoms with Gasteiger partial charge in [0, 0.05) is 0 Å². The molecule has 0 aliphatic heterocycles. The average Bonchev–Trinajstić information content (AvgIpc) is 2.38. The third-order valence-corrected chi connectivity index (χ3v) is 2.93. The lowest BCUT2D eigenvalue weighted by Gasteiger charge is -2.09. The van der Waals surface area contributed by atoms with Crippen molar-refractivity contribution in [3.8, 4) is 5.75 Å². The van der Waals surface area contributed by atoms with Crippen molar-refractivity contribution in [1.82, 2.24) is 5.32 Å². The quantitative estimate of drug-likeness (QED) is 0.662. The van der Waals surface area contributed by atoms with Crippen LogP contribution >= 0.6 is 0 Å². The fraction of sp³-hybridized carbons (Fsp3) is 0.600. The number of rotatable bonds is 9. The largest absolute Gasteiger partial charge is 0.493 e. The van der Waals surface area contributed by atoms with Gasteiger partial charge in [-0.2, -0.15) is 0 Å². The summed E-state index contributed by atoms with van der Waals surface area (Å²) in [5.41, 5.74) is 1.31. The van der Waals surface area contributed by atoms with Crippen molar-refractivity contribution in [2.75, 3.05) is 20.2 Å². The molecule has 0 saturated carbocycles. The Bertz CT molecular complexity index is 299. The molecule has 1 rings (SSSR count). The van der Waals surface area contributed by atoms with E-state index in [1.165, 1.54) is 24.8 Å². The van der Waals surface area contributed by atoms with E-state index in [0.29, 0.717) is 0 Å². The van der Waals surface area contributed by atoms with Gasteiger partial charge < -0.3 is 10.1 Å². The minimum atomic E-state index is 0.844. The van der Waals surface area contributed by atoms with Gasteiger partial charge in [-0.1, -0.05) is 38.0 Å². The maximum absolute atomic E-state index is 5.82. The Morgan fingerprint density at radius 3 is 2.59 bits per heavy atom. The van der Waals surface area contributed by atoms with Crippen LogP contribution in [0.1, 0.15) is 38.2 Å². The third kappa shape index (κ3) is 5.73. The van der Waals surface area contributed by atoms with Gasteiger partial charge in [0.25, 0.3) is 0 Å². The second-order valence-corrected chi connectivity index (χ2v) is 4.33. The predicted molar refractivity (Wildman–Crippen MR) is 73.7 cm³/mol. The maximum atomic E-state index is 5.82. The lowest BCUT2D eigenvalue weighted by Crippen LogP contribution is -2.07. The van der Waals surface area contributed by atoms with E-state index in [2.05, 4.69) is 30.4 Å². The number of aryl methyl sites for hydroxylation is 1. The lowest BCUT2D eigenvalue weighted by molar-refractivity contribution is 0.302. The topological polar surface area (TPSA) is 21.3 Å². The molecular formula is C15H25NO. The van der Waals surface area contributed by atoms with E-state index in [1.54, 1.807) is 0 Å². The molecule has 0 fully saturated rings. The van der Waals surface area contributed by atoms with Crippen molar-refractivity contribution >= 4 is 0 Å². The van der Waals surface area contributed by atoms with Crippen LogP contribution in [0.5, 0.6) is 5.75 Å². The van der Waals surface area contributed by atoms with E-state index in [0.717, 1.165) is 31.7 Å². The van der Waals surface area contributed by atoms with Gasteiger partial charge in [0.05, 0.1) is 6.61 Å². The molecule has 0 aliphatic carbocycles. The number of para-hydroxylation sites is 1. The van der Waals surface area contributed by atoms with E-state index in [4.69, 9.17) is 4.74 Å². The molecule has 2 nitrogen and oxygen atoms in total. The molecule has 0 aromatic heterocycles. The van der Waals surface area contributed by atoms with Gasteiger partial charge in [0.2, 0.25) is 0 Å². The molecule has 0 unspecified atom stereocenters. The fourth-order valence-electron chi connectivity index (χ4n) is 1.88. The van der Waals surface area contributed by atoms with Gasteiger partial charge in [-0.25, -0.2) is 0 Å². The summed E-state index contributed by atoms with van der Waals surface area (Å²) in [6.07, 6.45) is 6.01. The van der Waals surface area contributed by atoms with Crippen molar-refractivity contribution < 1.29 is 4.74 Å². The Morgan fingerprint density at radius 2 is 1.82 bits per heavy atom. The van der Waals surface area contributed by atoms with Crippen LogP contribution in [0.2, 0.25) is 0 Å². The van der Waals surface area contributed by atoms with E-state index >= 15 is 0 Å². The zero-order chi connectivity index (χ0) is 12.3. The van der Waals surface area contributed by atoms with Crippen molar-refractivity contribution in [2.24, 2.45) is 0 Å². The lowest BCUT2D eigenvalue weighted by atomic mass is 10.1. The van der Waals surface area contributed by atoms with Crippen LogP contribution in [-0.2, 0) is 6.42 Å². The van der Waals surface area contributed by atoms with Gasteiger partial charge in [0.15, 0.2) is 0 Å². The monoisotopic (exact) mass is 235 g/mol. The SMILES string of the molecule is CCc1ccccc1OCCCCCCNC. The molecule has 0 saturated heterocycles. The first-order chi connectivity index (χ1) is 8.38. The number of hydrogen-bond acceptors (Lipinski definition) is 2. The summed E-state index contributed by atoms with van der Waals surface area (Å²) in [7, 11) is 2.00. The summed E-state index contributed by atoms with van der Waals surface area (Å²) in [5.74, 6) is 1.06. The molecule has 17 heavy (non-hydrogen) atoms. The normalized spacial score (nSPS) is 10.5. The number of unbranched alkanes of at least 4 members (excludes halogenated alkanes) is 3. The van der Waals surface area contributed by atoms with E-state index in [1.807, 2.05) is 13.1 Å². The highest BCUT2D eigenvalue weighted by Crippen LogP contribution is 2.18. The van der Waals surface area contributed by atoms with Gasteiger partial charge >= 0.3 is 0 Å². The summed E-state index contributed by atoms with van der Waals surface area (Å²) in [6.45, 7) is 4.13. The third-order valence-electron chi connectivity index (χ3n) is 2.93. The Kier molecular flexibility index (Phi) is 7.48. The fourth-order valence-corrected chi connectivity index (χ4v) is 1.88. The van der Waals surface area contributed by atoms with Crippen LogP contribution in [0.25, 0.3) is 0 Å². The van der Waals surface area contributed by atoms with E-state index < -0.39 is 0 Å². The highest BCUT2D eigenvalue weighted by molar-refractivity contribution is 5.33. The average molecular weight is 235 g/mol. The van der Waals surface area contributed by atoms with Crippen molar-refractivity contribution in [2.45, 2.75) is 39.0 Å². The summed E-state index contributed by atoms with van der Waals surface area (Å²) >= 11 is 0. The second kappa shape index (κ2) is 9.06. The predicted octanol–water partition coefficient (Wildman–Crippen LogP) is 3.41.